The van der Waals surface area contributed by atoms with E-state index in [2.05, 4.69) is 15.1 Å². The number of ether oxygens (including phenoxy) is 2. The summed E-state index contributed by atoms with van der Waals surface area (Å²) >= 11 is 0. The van der Waals surface area contributed by atoms with Gasteiger partial charge in [-0.2, -0.15) is 5.10 Å². The highest BCUT2D eigenvalue weighted by molar-refractivity contribution is 5.83. The maximum atomic E-state index is 11.9. The zero-order valence-electron chi connectivity index (χ0n) is 15.3. The number of hydrogen-bond donors (Lipinski definition) is 1. The molecule has 1 N–H and O–H groups in total. The van der Waals surface area contributed by atoms with Crippen LogP contribution < -0.4 is 14.9 Å². The Bertz CT molecular complexity index is 933. The molecule has 0 aliphatic rings. The lowest BCUT2D eigenvalue weighted by Crippen LogP contribution is -2.24. The van der Waals surface area contributed by atoms with Gasteiger partial charge in [0.2, 0.25) is 0 Å². The summed E-state index contributed by atoms with van der Waals surface area (Å²) in [6.45, 7) is 1.87. The number of carbonyl (C=O) groups excluding carboxylic acids is 1. The number of hydrogen-bond acceptors (Lipinski definition) is 4. The molecule has 6 heteroatoms. The Morgan fingerprint density at radius 3 is 2.56 bits per heavy atom. The predicted octanol–water partition coefficient (Wildman–Crippen LogP) is 3.32. The third-order valence-electron chi connectivity index (χ3n) is 3.90. The van der Waals surface area contributed by atoms with Gasteiger partial charge in [0, 0.05) is 23.1 Å². The number of aryl methyl sites for hydroxylation is 1. The van der Waals surface area contributed by atoms with Crippen LogP contribution in [0.25, 0.3) is 5.69 Å². The molecule has 27 heavy (non-hydrogen) atoms. The largest absolute Gasteiger partial charge is 0.493 e. The lowest BCUT2D eigenvalue weighted by Gasteiger charge is -2.09. The smallest absolute Gasteiger partial charge is 0.277 e. The van der Waals surface area contributed by atoms with Crippen LogP contribution in [0.4, 0.5) is 0 Å². The first-order chi connectivity index (χ1) is 13.2. The topological polar surface area (TPSA) is 64.8 Å². The average Bonchev–Trinajstić information content (AvgIpc) is 3.07. The second-order valence-corrected chi connectivity index (χ2v) is 5.85. The Balaban J connectivity index is 1.55. The van der Waals surface area contributed by atoms with Crippen LogP contribution in [0.1, 0.15) is 11.3 Å². The van der Waals surface area contributed by atoms with Crippen molar-refractivity contribution in [2.24, 2.45) is 5.10 Å². The van der Waals surface area contributed by atoms with E-state index in [4.69, 9.17) is 9.47 Å². The second kappa shape index (κ2) is 8.71. The number of rotatable bonds is 7. The Hall–Kier alpha value is -3.54. The minimum Gasteiger partial charge on any atom is -0.493 e. The lowest BCUT2D eigenvalue weighted by molar-refractivity contribution is -0.123. The third-order valence-corrected chi connectivity index (χ3v) is 3.90. The summed E-state index contributed by atoms with van der Waals surface area (Å²) in [6.07, 6.45) is 3.57. The molecule has 2 aromatic carbocycles. The van der Waals surface area contributed by atoms with Gasteiger partial charge in [0.05, 0.1) is 13.3 Å². The van der Waals surface area contributed by atoms with Crippen molar-refractivity contribution in [3.63, 3.8) is 0 Å². The number of methoxy groups -OCH3 is 1. The van der Waals surface area contributed by atoms with Crippen LogP contribution in [0.2, 0.25) is 0 Å². The van der Waals surface area contributed by atoms with Crippen LogP contribution in [0.3, 0.4) is 0 Å². The molecule has 0 atom stereocenters. The normalized spacial score (nSPS) is 10.7. The molecule has 1 amide bonds. The molecule has 0 unspecified atom stereocenters. The molecule has 0 fully saturated rings. The molecule has 0 spiro atoms. The number of nitrogens with one attached hydrogen (secondary N) is 1. The molecule has 0 saturated carbocycles. The first kappa shape index (κ1) is 18.3. The van der Waals surface area contributed by atoms with Gasteiger partial charge in [0.25, 0.3) is 5.91 Å². The van der Waals surface area contributed by atoms with Crippen LogP contribution in [-0.2, 0) is 4.79 Å². The maximum absolute atomic E-state index is 11.9. The summed E-state index contributed by atoms with van der Waals surface area (Å²) < 4.78 is 12.7. The first-order valence-electron chi connectivity index (χ1n) is 8.49. The summed E-state index contributed by atoms with van der Waals surface area (Å²) in [7, 11) is 1.55. The van der Waals surface area contributed by atoms with Gasteiger partial charge in [-0.05, 0) is 37.3 Å². The van der Waals surface area contributed by atoms with Crippen molar-refractivity contribution in [3.05, 3.63) is 78.1 Å². The van der Waals surface area contributed by atoms with Crippen molar-refractivity contribution in [1.82, 2.24) is 9.99 Å². The predicted molar refractivity (Wildman–Crippen MR) is 105 cm³/mol. The second-order valence-electron chi connectivity index (χ2n) is 5.85. The van der Waals surface area contributed by atoms with Crippen molar-refractivity contribution in [2.75, 3.05) is 13.7 Å². The van der Waals surface area contributed by atoms with E-state index in [9.17, 15) is 4.79 Å². The molecule has 1 aromatic heterocycles. The summed E-state index contributed by atoms with van der Waals surface area (Å²) in [4.78, 5) is 11.9. The number of para-hydroxylation sites is 3. The van der Waals surface area contributed by atoms with Gasteiger partial charge in [-0.3, -0.25) is 4.79 Å². The van der Waals surface area contributed by atoms with Crippen LogP contribution in [0.15, 0.2) is 72.0 Å². The zero-order chi connectivity index (χ0) is 19.1. The van der Waals surface area contributed by atoms with Crippen LogP contribution in [-0.4, -0.2) is 30.4 Å². The van der Waals surface area contributed by atoms with Gasteiger partial charge in [-0.1, -0.05) is 30.3 Å². The Morgan fingerprint density at radius 2 is 1.81 bits per heavy atom. The maximum Gasteiger partial charge on any atom is 0.277 e. The monoisotopic (exact) mass is 363 g/mol. The number of benzene rings is 2. The lowest BCUT2D eigenvalue weighted by atomic mass is 10.3. The van der Waals surface area contributed by atoms with Crippen molar-refractivity contribution in [2.45, 2.75) is 6.92 Å². The Kier molecular flexibility index (Phi) is 5.89. The minimum atomic E-state index is -0.351. The highest BCUT2D eigenvalue weighted by Crippen LogP contribution is 2.25. The SMILES string of the molecule is COc1ccccc1OCC(=O)N/N=C/c1cc(C)n(-c2ccccc2)c1. The van der Waals surface area contributed by atoms with Gasteiger partial charge in [0.1, 0.15) is 0 Å². The molecule has 0 bridgehead atoms. The van der Waals surface area contributed by atoms with Gasteiger partial charge in [-0.15, -0.1) is 0 Å². The number of carbonyl (C=O) groups is 1. The fourth-order valence-corrected chi connectivity index (χ4v) is 2.63. The van der Waals surface area contributed by atoms with Gasteiger partial charge in [-0.25, -0.2) is 5.43 Å². The average molecular weight is 363 g/mol. The van der Waals surface area contributed by atoms with Crippen LogP contribution in [0.5, 0.6) is 11.5 Å². The Labute approximate surface area is 158 Å². The highest BCUT2D eigenvalue weighted by atomic mass is 16.5. The van der Waals surface area contributed by atoms with E-state index in [1.807, 2.05) is 61.7 Å². The molecular formula is C21H21N3O3. The van der Waals surface area contributed by atoms with E-state index >= 15 is 0 Å². The fourth-order valence-electron chi connectivity index (χ4n) is 2.63. The molecule has 0 aliphatic heterocycles. The summed E-state index contributed by atoms with van der Waals surface area (Å²) in [6, 6.07) is 19.2. The molecule has 1 heterocycles. The number of amides is 1. The molecule has 0 saturated heterocycles. The zero-order valence-corrected chi connectivity index (χ0v) is 15.3. The summed E-state index contributed by atoms with van der Waals surface area (Å²) in [5, 5.41) is 4.00. The van der Waals surface area contributed by atoms with E-state index in [1.165, 1.54) is 0 Å². The third kappa shape index (κ3) is 4.76. The van der Waals surface area contributed by atoms with E-state index in [0.29, 0.717) is 11.5 Å². The fraction of sp³-hybridized carbons (Fsp3) is 0.143. The van der Waals surface area contributed by atoms with Crippen LogP contribution >= 0.6 is 0 Å². The molecule has 0 radical (unpaired) electrons. The summed E-state index contributed by atoms with van der Waals surface area (Å²) in [5.41, 5.74) is 5.50. The molecule has 3 rings (SSSR count). The van der Waals surface area contributed by atoms with Crippen molar-refractivity contribution in [3.8, 4) is 17.2 Å². The van der Waals surface area contributed by atoms with Crippen molar-refractivity contribution < 1.29 is 14.3 Å². The quantitative estimate of drug-likeness (QED) is 0.517. The molecule has 138 valence electrons. The summed E-state index contributed by atoms with van der Waals surface area (Å²) in [5.74, 6) is 0.734. The van der Waals surface area contributed by atoms with Crippen LogP contribution in [0, 0.1) is 6.92 Å². The number of aromatic nitrogens is 1. The standard InChI is InChI=1S/C21H21N3O3/c1-16-12-17(14-24(16)18-8-4-3-5-9-18)13-22-23-21(25)15-27-20-11-7-6-10-19(20)26-2/h3-14H,15H2,1-2H3,(H,23,25)/b22-13+. The van der Waals surface area contributed by atoms with Crippen molar-refractivity contribution >= 4 is 12.1 Å². The van der Waals surface area contributed by atoms with Gasteiger partial charge in [0.15, 0.2) is 18.1 Å². The van der Waals surface area contributed by atoms with Gasteiger partial charge < -0.3 is 14.0 Å². The molecule has 0 aliphatic carbocycles. The van der Waals surface area contributed by atoms with E-state index < -0.39 is 0 Å². The number of nitrogens with zero attached hydrogens (tertiary/aromatic N) is 2. The van der Waals surface area contributed by atoms with Crippen molar-refractivity contribution in [1.29, 1.82) is 0 Å². The molecule has 3 aromatic rings. The van der Waals surface area contributed by atoms with E-state index in [1.54, 1.807) is 25.5 Å². The highest BCUT2D eigenvalue weighted by Gasteiger charge is 2.06. The van der Waals surface area contributed by atoms with E-state index in [0.717, 1.165) is 16.9 Å². The molecular weight excluding hydrogens is 342 g/mol. The number of hydrazone groups is 1. The first-order valence-corrected chi connectivity index (χ1v) is 8.49. The molecule has 6 nitrogen and oxygen atoms in total. The minimum absolute atomic E-state index is 0.151. The Morgan fingerprint density at radius 1 is 1.11 bits per heavy atom. The van der Waals surface area contributed by atoms with Gasteiger partial charge >= 0.3 is 0 Å². The van der Waals surface area contributed by atoms with E-state index in [-0.39, 0.29) is 12.5 Å².